The van der Waals surface area contributed by atoms with Gasteiger partial charge in [0.2, 0.25) is 0 Å². The Morgan fingerprint density at radius 3 is 1.56 bits per heavy atom. The fourth-order valence-electron chi connectivity index (χ4n) is 7.63. The van der Waals surface area contributed by atoms with Gasteiger partial charge in [0, 0.05) is 10.4 Å². The average molecular weight is 570 g/mol. The van der Waals surface area contributed by atoms with Crippen LogP contribution in [-0.2, 0) is 10.8 Å². The Labute approximate surface area is 257 Å². The van der Waals surface area contributed by atoms with Crippen molar-refractivity contribution in [2.24, 2.45) is 0 Å². The maximum atomic E-state index is 9.56. The SMILES string of the molecule is CC1(C)c2cc(C#N)ccc2-c2ccc(-c3ccc4c(c3)C(c3ccccc3)(c3ccccc3)c3cc(Cl)ccc3-4)cc21. The van der Waals surface area contributed by atoms with E-state index in [-0.39, 0.29) is 5.41 Å². The summed E-state index contributed by atoms with van der Waals surface area (Å²) >= 11 is 6.72. The lowest BCUT2D eigenvalue weighted by molar-refractivity contribution is 0.660. The zero-order valence-electron chi connectivity index (χ0n) is 24.0. The van der Waals surface area contributed by atoms with Crippen LogP contribution in [0.3, 0.4) is 0 Å². The van der Waals surface area contributed by atoms with E-state index in [0.29, 0.717) is 5.56 Å². The Morgan fingerprint density at radius 1 is 0.512 bits per heavy atom. The summed E-state index contributed by atoms with van der Waals surface area (Å²) < 4.78 is 0. The van der Waals surface area contributed by atoms with Gasteiger partial charge in [0.05, 0.1) is 17.0 Å². The molecule has 2 aliphatic carbocycles. The number of halogens is 1. The molecule has 0 spiro atoms. The van der Waals surface area contributed by atoms with Crippen LogP contribution < -0.4 is 0 Å². The molecule has 0 amide bonds. The van der Waals surface area contributed by atoms with Crippen molar-refractivity contribution in [1.29, 1.82) is 5.26 Å². The van der Waals surface area contributed by atoms with Gasteiger partial charge in [-0.1, -0.05) is 123 Å². The molecule has 2 aliphatic rings. The highest BCUT2D eigenvalue weighted by Gasteiger charge is 2.46. The Balaban J connectivity index is 1.37. The molecule has 0 heterocycles. The molecule has 0 fully saturated rings. The number of hydrogen-bond donors (Lipinski definition) is 0. The summed E-state index contributed by atoms with van der Waals surface area (Å²) in [4.78, 5) is 0. The van der Waals surface area contributed by atoms with E-state index in [2.05, 4.69) is 141 Å². The number of hydrogen-bond acceptors (Lipinski definition) is 1. The molecule has 0 unspecified atom stereocenters. The van der Waals surface area contributed by atoms with Crippen molar-refractivity contribution in [2.45, 2.75) is 24.7 Å². The molecule has 0 N–H and O–H groups in total. The molecule has 6 aromatic carbocycles. The molecule has 0 saturated heterocycles. The van der Waals surface area contributed by atoms with E-state index in [1.54, 1.807) is 0 Å². The summed E-state index contributed by atoms with van der Waals surface area (Å²) in [6.45, 7) is 4.53. The number of fused-ring (bicyclic) bond motifs is 6. The predicted octanol–water partition coefficient (Wildman–Crippen LogP) is 10.5. The molecule has 0 saturated carbocycles. The molecule has 0 bridgehead atoms. The van der Waals surface area contributed by atoms with Crippen LogP contribution in [0.4, 0.5) is 0 Å². The molecule has 43 heavy (non-hydrogen) atoms. The van der Waals surface area contributed by atoms with Gasteiger partial charge in [-0.3, -0.25) is 0 Å². The first-order chi connectivity index (χ1) is 20.9. The highest BCUT2D eigenvalue weighted by Crippen LogP contribution is 2.57. The molecule has 0 atom stereocenters. The monoisotopic (exact) mass is 569 g/mol. The summed E-state index contributed by atoms with van der Waals surface area (Å²) in [5, 5.41) is 10.3. The van der Waals surface area contributed by atoms with Gasteiger partial charge in [-0.25, -0.2) is 0 Å². The van der Waals surface area contributed by atoms with Crippen LogP contribution in [0.15, 0.2) is 133 Å². The number of nitriles is 1. The van der Waals surface area contributed by atoms with Crippen molar-refractivity contribution < 1.29 is 0 Å². The van der Waals surface area contributed by atoms with Crippen molar-refractivity contribution in [3.63, 3.8) is 0 Å². The number of nitrogens with zero attached hydrogens (tertiary/aromatic N) is 1. The molecule has 0 radical (unpaired) electrons. The van der Waals surface area contributed by atoms with Crippen LogP contribution in [0.2, 0.25) is 5.02 Å². The molecule has 0 aromatic heterocycles. The molecule has 2 heteroatoms. The largest absolute Gasteiger partial charge is 0.192 e. The fourth-order valence-corrected chi connectivity index (χ4v) is 7.80. The number of rotatable bonds is 3. The second-order valence-corrected chi connectivity index (χ2v) is 12.6. The summed E-state index contributed by atoms with van der Waals surface area (Å²) in [6.07, 6.45) is 0. The van der Waals surface area contributed by atoms with Crippen molar-refractivity contribution >= 4 is 11.6 Å². The van der Waals surface area contributed by atoms with E-state index in [1.165, 1.54) is 66.8 Å². The Hall–Kier alpha value is -4.90. The van der Waals surface area contributed by atoms with Gasteiger partial charge >= 0.3 is 0 Å². The minimum absolute atomic E-state index is 0.199. The second kappa shape index (κ2) is 9.30. The average Bonchev–Trinajstić information content (AvgIpc) is 3.46. The molecule has 6 aromatic rings. The van der Waals surface area contributed by atoms with Crippen molar-refractivity contribution in [2.75, 3.05) is 0 Å². The molecular formula is C41H28ClN. The standard InChI is InChI=1S/C41H28ClN/c1-40(2)36-21-26(25-43)13-17-32(36)33-18-14-27(22-37(33)40)28-15-19-34-35-20-16-31(42)24-39(35)41(38(34)23-28,29-9-5-3-6-10-29)30-11-7-4-8-12-30/h3-24H,1-2H3. The van der Waals surface area contributed by atoms with Crippen LogP contribution in [0, 0.1) is 11.3 Å². The van der Waals surface area contributed by atoms with E-state index >= 15 is 0 Å². The van der Waals surface area contributed by atoms with E-state index in [1.807, 2.05) is 12.1 Å². The topological polar surface area (TPSA) is 23.8 Å². The van der Waals surface area contributed by atoms with Crippen LogP contribution in [-0.4, -0.2) is 0 Å². The molecular weight excluding hydrogens is 542 g/mol. The van der Waals surface area contributed by atoms with E-state index in [0.717, 1.165) is 5.02 Å². The highest BCUT2D eigenvalue weighted by molar-refractivity contribution is 6.30. The van der Waals surface area contributed by atoms with Gasteiger partial charge in [0.1, 0.15) is 0 Å². The van der Waals surface area contributed by atoms with Crippen molar-refractivity contribution in [3.8, 4) is 39.4 Å². The first-order valence-corrected chi connectivity index (χ1v) is 15.1. The van der Waals surface area contributed by atoms with Crippen LogP contribution in [0.5, 0.6) is 0 Å². The fraction of sp³-hybridized carbons (Fsp3) is 0.0976. The maximum Gasteiger partial charge on any atom is 0.0991 e. The van der Waals surface area contributed by atoms with E-state index in [4.69, 9.17) is 11.6 Å². The summed E-state index contributed by atoms with van der Waals surface area (Å²) in [7, 11) is 0. The van der Waals surface area contributed by atoms with Crippen LogP contribution in [0.1, 0.15) is 52.8 Å². The zero-order chi connectivity index (χ0) is 29.3. The second-order valence-electron chi connectivity index (χ2n) is 12.2. The first-order valence-electron chi connectivity index (χ1n) is 14.7. The van der Waals surface area contributed by atoms with Gasteiger partial charge in [-0.05, 0) is 103 Å². The highest BCUT2D eigenvalue weighted by atomic mass is 35.5. The van der Waals surface area contributed by atoms with Crippen molar-refractivity contribution in [1.82, 2.24) is 0 Å². The summed E-state index contributed by atoms with van der Waals surface area (Å²) in [5.74, 6) is 0. The molecule has 8 rings (SSSR count). The normalized spacial score (nSPS) is 14.7. The zero-order valence-corrected chi connectivity index (χ0v) is 24.8. The summed E-state index contributed by atoms with van der Waals surface area (Å²) in [5.41, 5.74) is 14.7. The Morgan fingerprint density at radius 2 is 0.977 bits per heavy atom. The lowest BCUT2D eigenvalue weighted by Gasteiger charge is -2.34. The molecule has 0 aliphatic heterocycles. The third-order valence-corrected chi connectivity index (χ3v) is 9.89. The van der Waals surface area contributed by atoms with Gasteiger partial charge in [0.25, 0.3) is 0 Å². The summed E-state index contributed by atoms with van der Waals surface area (Å²) in [6, 6.07) is 50.2. The van der Waals surface area contributed by atoms with E-state index < -0.39 is 5.41 Å². The minimum Gasteiger partial charge on any atom is -0.192 e. The third kappa shape index (κ3) is 3.57. The van der Waals surface area contributed by atoms with Gasteiger partial charge in [0.15, 0.2) is 0 Å². The lowest BCUT2D eigenvalue weighted by Crippen LogP contribution is -2.28. The van der Waals surface area contributed by atoms with Crippen molar-refractivity contribution in [3.05, 3.63) is 177 Å². The molecule has 204 valence electrons. The molecule has 1 nitrogen and oxygen atoms in total. The third-order valence-electron chi connectivity index (χ3n) is 9.65. The maximum absolute atomic E-state index is 9.56. The van der Waals surface area contributed by atoms with Gasteiger partial charge < -0.3 is 0 Å². The van der Waals surface area contributed by atoms with E-state index in [9.17, 15) is 5.26 Å². The van der Waals surface area contributed by atoms with Gasteiger partial charge in [-0.15, -0.1) is 0 Å². The Kier molecular flexibility index (Phi) is 5.58. The number of benzene rings is 6. The lowest BCUT2D eigenvalue weighted by atomic mass is 9.67. The quantitative estimate of drug-likeness (QED) is 0.207. The van der Waals surface area contributed by atoms with Gasteiger partial charge in [-0.2, -0.15) is 5.26 Å². The minimum atomic E-state index is -0.506. The van der Waals surface area contributed by atoms with Crippen LogP contribution >= 0.6 is 11.6 Å². The van der Waals surface area contributed by atoms with Crippen LogP contribution in [0.25, 0.3) is 33.4 Å². The Bertz CT molecular complexity index is 2080. The first kappa shape index (κ1) is 25.8. The smallest absolute Gasteiger partial charge is 0.0991 e. The predicted molar refractivity (Wildman–Crippen MR) is 176 cm³/mol.